The number of pyridine rings is 1. The Morgan fingerprint density at radius 1 is 1.02 bits per heavy atom. The molecule has 0 amide bonds. The largest absolute Gasteiger partial charge is 0.415 e. The molecule has 1 aliphatic carbocycles. The molecule has 42 heavy (non-hydrogen) atoms. The number of rotatable bonds is 9. The fourth-order valence-corrected chi connectivity index (χ4v) is 6.17. The molecule has 222 valence electrons. The summed E-state index contributed by atoms with van der Waals surface area (Å²) in [6.45, 7) is -3.34. The molecule has 2 aromatic carbocycles. The van der Waals surface area contributed by atoms with Crippen molar-refractivity contribution < 1.29 is 30.7 Å². The van der Waals surface area contributed by atoms with Crippen molar-refractivity contribution in [3.8, 4) is 17.0 Å². The number of nitrogens with one attached hydrogen (secondary N) is 2. The van der Waals surface area contributed by atoms with E-state index in [-0.39, 0.29) is 11.6 Å². The first-order valence-electron chi connectivity index (χ1n) is 13.1. The van der Waals surface area contributed by atoms with E-state index in [0.29, 0.717) is 22.9 Å². The van der Waals surface area contributed by atoms with Gasteiger partial charge in [-0.15, -0.1) is 0 Å². The number of aromatic nitrogens is 3. The second kappa shape index (κ2) is 12.1. The number of anilines is 2. The molecule has 1 fully saturated rings. The molecular formula is C28H28F4N6O3S. The predicted octanol–water partition coefficient (Wildman–Crippen LogP) is 5.66. The van der Waals surface area contributed by atoms with E-state index in [1.807, 2.05) is 4.72 Å². The molecule has 0 unspecified atom stereocenters. The maximum absolute atomic E-state index is 15.6. The van der Waals surface area contributed by atoms with Crippen LogP contribution in [-0.4, -0.2) is 61.1 Å². The summed E-state index contributed by atoms with van der Waals surface area (Å²) in [6.07, 6.45) is 6.73. The van der Waals surface area contributed by atoms with E-state index in [0.717, 1.165) is 50.1 Å². The molecule has 1 aliphatic rings. The van der Waals surface area contributed by atoms with Gasteiger partial charge in [0.05, 0.1) is 16.8 Å². The number of hydrogen-bond acceptors (Lipinski definition) is 8. The Bertz CT molecular complexity index is 1700. The molecule has 0 saturated heterocycles. The lowest BCUT2D eigenvalue weighted by atomic mass is 9.91. The minimum atomic E-state index is -4.65. The molecule has 5 rings (SSSR count). The van der Waals surface area contributed by atoms with Crippen molar-refractivity contribution in [1.29, 1.82) is 0 Å². The molecule has 0 aliphatic heterocycles. The van der Waals surface area contributed by atoms with E-state index >= 15 is 4.39 Å². The maximum Gasteiger partial charge on any atom is 0.388 e. The number of sulfonamides is 1. The van der Waals surface area contributed by atoms with Gasteiger partial charge < -0.3 is 15.0 Å². The third kappa shape index (κ3) is 6.39. The summed E-state index contributed by atoms with van der Waals surface area (Å²) in [5.74, 6) is -2.55. The number of nitrogens with zero attached hydrogens (tertiary/aromatic N) is 4. The molecule has 0 bridgehead atoms. The van der Waals surface area contributed by atoms with E-state index in [9.17, 15) is 21.6 Å². The zero-order chi connectivity index (χ0) is 30.0. The quantitative estimate of drug-likeness (QED) is 0.236. The zero-order valence-electron chi connectivity index (χ0n) is 22.7. The lowest BCUT2D eigenvalue weighted by Crippen LogP contribution is -2.36. The van der Waals surface area contributed by atoms with Gasteiger partial charge in [0, 0.05) is 29.9 Å². The Hall–Kier alpha value is -4.04. The van der Waals surface area contributed by atoms with Gasteiger partial charge >= 0.3 is 6.61 Å². The normalized spacial score (nSPS) is 17.5. The maximum atomic E-state index is 15.6. The average molecular weight is 605 g/mol. The van der Waals surface area contributed by atoms with Crippen LogP contribution >= 0.6 is 0 Å². The summed E-state index contributed by atoms with van der Waals surface area (Å²) in [6, 6.07) is 9.31. The Kier molecular flexibility index (Phi) is 8.45. The lowest BCUT2D eigenvalue weighted by Gasteiger charge is -2.32. The Morgan fingerprint density at radius 2 is 1.79 bits per heavy atom. The van der Waals surface area contributed by atoms with Crippen LogP contribution in [0.25, 0.3) is 22.0 Å². The molecular weight excluding hydrogens is 576 g/mol. The zero-order valence-corrected chi connectivity index (χ0v) is 23.5. The molecule has 2 heterocycles. The van der Waals surface area contributed by atoms with Gasteiger partial charge in [0.1, 0.15) is 10.7 Å². The van der Waals surface area contributed by atoms with E-state index in [4.69, 9.17) is 0 Å². The van der Waals surface area contributed by atoms with Crippen molar-refractivity contribution in [2.75, 3.05) is 24.1 Å². The van der Waals surface area contributed by atoms with Gasteiger partial charge in [0.2, 0.25) is 11.8 Å². The molecule has 1 saturated carbocycles. The van der Waals surface area contributed by atoms with E-state index in [1.165, 1.54) is 18.2 Å². The van der Waals surface area contributed by atoms with Crippen molar-refractivity contribution >= 4 is 32.6 Å². The summed E-state index contributed by atoms with van der Waals surface area (Å²) < 4.78 is 88.0. The first-order chi connectivity index (χ1) is 20.0. The van der Waals surface area contributed by atoms with Crippen molar-refractivity contribution in [1.82, 2.24) is 19.9 Å². The van der Waals surface area contributed by atoms with Gasteiger partial charge in [0.25, 0.3) is 10.0 Å². The molecule has 2 N–H and O–H groups in total. The van der Waals surface area contributed by atoms with Crippen LogP contribution in [0.4, 0.5) is 29.2 Å². The Morgan fingerprint density at radius 3 is 2.50 bits per heavy atom. The first kappa shape index (κ1) is 29.5. The highest BCUT2D eigenvalue weighted by atomic mass is 32.2. The number of halogens is 4. The van der Waals surface area contributed by atoms with Crippen molar-refractivity contribution in [2.45, 2.75) is 49.3 Å². The van der Waals surface area contributed by atoms with Gasteiger partial charge in [0.15, 0.2) is 5.82 Å². The third-order valence-corrected chi connectivity index (χ3v) is 8.57. The van der Waals surface area contributed by atoms with Crippen LogP contribution in [0.3, 0.4) is 0 Å². The van der Waals surface area contributed by atoms with Gasteiger partial charge in [-0.2, -0.15) is 8.78 Å². The number of hydrogen-bond donors (Lipinski definition) is 2. The molecule has 2 aromatic heterocycles. The van der Waals surface area contributed by atoms with Crippen LogP contribution in [0.15, 0.2) is 59.8 Å². The van der Waals surface area contributed by atoms with Crippen molar-refractivity contribution in [3.05, 3.63) is 66.5 Å². The summed E-state index contributed by atoms with van der Waals surface area (Å²) in [7, 11) is -0.483. The number of benzene rings is 2. The minimum absolute atomic E-state index is 0.118. The molecule has 0 spiro atoms. The standard InChI is InChI=1S/C28H28F4N6O3S/c1-38(2)19-8-6-18(7-9-19)35-28-34-15-17-14-16(5-11-21(17)36-28)24-20(29)10-12-22(25(24)30)37-42(39,40)23-4-3-13-33-26(23)41-27(31)32/h3-5,10-15,18-19,27,37H,6-9H2,1-2H3,(H,34,35,36). The fourth-order valence-electron chi connectivity index (χ4n) is 5.03. The second-order valence-corrected chi connectivity index (χ2v) is 11.8. The van der Waals surface area contributed by atoms with Gasteiger partial charge in [-0.1, -0.05) is 6.07 Å². The predicted molar refractivity (Wildman–Crippen MR) is 150 cm³/mol. The molecule has 0 radical (unpaired) electrons. The van der Waals surface area contributed by atoms with Crippen LogP contribution < -0.4 is 14.8 Å². The Labute approximate surface area is 240 Å². The highest BCUT2D eigenvalue weighted by Gasteiger charge is 2.26. The minimum Gasteiger partial charge on any atom is -0.415 e. The fraction of sp³-hybridized carbons (Fsp3) is 0.321. The number of ether oxygens (including phenoxy) is 1. The van der Waals surface area contributed by atoms with Gasteiger partial charge in [-0.05, 0) is 81.7 Å². The molecule has 0 atom stereocenters. The average Bonchev–Trinajstić information content (AvgIpc) is 2.95. The van der Waals surface area contributed by atoms with Crippen LogP contribution in [0.2, 0.25) is 0 Å². The van der Waals surface area contributed by atoms with Gasteiger partial charge in [-0.25, -0.2) is 32.2 Å². The molecule has 14 heteroatoms. The van der Waals surface area contributed by atoms with E-state index in [2.05, 4.69) is 44.0 Å². The van der Waals surface area contributed by atoms with Gasteiger partial charge in [-0.3, -0.25) is 4.72 Å². The van der Waals surface area contributed by atoms with Crippen molar-refractivity contribution in [3.63, 3.8) is 0 Å². The second-order valence-electron chi connectivity index (χ2n) is 10.2. The van der Waals surface area contributed by atoms with E-state index < -0.39 is 50.3 Å². The molecule has 9 nitrogen and oxygen atoms in total. The number of alkyl halides is 2. The lowest BCUT2D eigenvalue weighted by molar-refractivity contribution is -0.0548. The van der Waals surface area contributed by atoms with Crippen LogP contribution in [0.1, 0.15) is 25.7 Å². The Balaban J connectivity index is 1.39. The highest BCUT2D eigenvalue weighted by molar-refractivity contribution is 7.92. The number of fused-ring (bicyclic) bond motifs is 1. The topological polar surface area (TPSA) is 109 Å². The van der Waals surface area contributed by atoms with Crippen molar-refractivity contribution in [2.24, 2.45) is 0 Å². The monoisotopic (exact) mass is 604 g/mol. The summed E-state index contributed by atoms with van der Waals surface area (Å²) in [4.78, 5) is 13.9. The molecule has 4 aromatic rings. The van der Waals surface area contributed by atoms with E-state index in [1.54, 1.807) is 12.3 Å². The SMILES string of the molecule is CN(C)C1CCC(Nc2ncc3cc(-c4c(F)ccc(NS(=O)(=O)c5cccnc5OC(F)F)c4F)ccc3n2)CC1. The summed E-state index contributed by atoms with van der Waals surface area (Å²) in [5, 5.41) is 3.89. The smallest absolute Gasteiger partial charge is 0.388 e. The first-order valence-corrected chi connectivity index (χ1v) is 14.6. The van der Waals surface area contributed by atoms with Crippen LogP contribution in [0, 0.1) is 11.6 Å². The van der Waals surface area contributed by atoms with Crippen LogP contribution in [-0.2, 0) is 10.0 Å². The van der Waals surface area contributed by atoms with Crippen LogP contribution in [0.5, 0.6) is 5.88 Å². The summed E-state index contributed by atoms with van der Waals surface area (Å²) >= 11 is 0. The summed E-state index contributed by atoms with van der Waals surface area (Å²) in [5.41, 5.74) is -0.419. The third-order valence-electron chi connectivity index (χ3n) is 7.19. The highest BCUT2D eigenvalue weighted by Crippen LogP contribution is 2.34.